The predicted molar refractivity (Wildman–Crippen MR) is 174 cm³/mol. The third-order valence-corrected chi connectivity index (χ3v) is 7.75. The highest BCUT2D eigenvalue weighted by molar-refractivity contribution is 8.00. The number of carbonyl (C=O) groups excluding carboxylic acids is 2. The van der Waals surface area contributed by atoms with Crippen LogP contribution in [0.5, 0.6) is 5.75 Å². The molecule has 0 aliphatic rings. The van der Waals surface area contributed by atoms with Gasteiger partial charge in [0.15, 0.2) is 6.04 Å². The molecule has 1 aromatic heterocycles. The SMILES string of the molecule is O=C(Nc1ccc(OCc2ccc(SC(F)(F)F)cc2)cc1)Nc1cn(C(=O)C(NCc2ccccc2)C(=O)O)c2ccc(Cl)cc12. The molecule has 0 saturated heterocycles. The van der Waals surface area contributed by atoms with Crippen LogP contribution < -0.4 is 20.7 Å². The van der Waals surface area contributed by atoms with Gasteiger partial charge in [0.2, 0.25) is 0 Å². The minimum atomic E-state index is -4.36. The first-order valence-electron chi connectivity index (χ1n) is 14.0. The number of anilines is 2. The predicted octanol–water partition coefficient (Wildman–Crippen LogP) is 8.01. The number of amides is 2. The van der Waals surface area contributed by atoms with Crippen molar-refractivity contribution < 1.29 is 37.4 Å². The van der Waals surface area contributed by atoms with Crippen molar-refractivity contribution in [2.45, 2.75) is 29.6 Å². The van der Waals surface area contributed by atoms with Crippen LogP contribution in [0.15, 0.2) is 108 Å². The van der Waals surface area contributed by atoms with E-state index in [1.54, 1.807) is 78.9 Å². The largest absolute Gasteiger partial charge is 0.489 e. The van der Waals surface area contributed by atoms with Crippen molar-refractivity contribution in [2.24, 2.45) is 0 Å². The fraction of sp³-hybridized carbons (Fsp3) is 0.121. The zero-order valence-electron chi connectivity index (χ0n) is 24.3. The lowest BCUT2D eigenvalue weighted by Crippen LogP contribution is -2.45. The number of hydrogen-bond donors (Lipinski definition) is 4. The van der Waals surface area contributed by atoms with E-state index in [0.717, 1.165) is 10.1 Å². The summed E-state index contributed by atoms with van der Waals surface area (Å²) in [6, 6.07) is 23.8. The van der Waals surface area contributed by atoms with Gasteiger partial charge in [0.05, 0.1) is 11.2 Å². The molecular formula is C33H26ClF3N4O5S. The molecule has 1 unspecified atom stereocenters. The molecule has 0 fully saturated rings. The monoisotopic (exact) mass is 682 g/mol. The van der Waals surface area contributed by atoms with E-state index in [4.69, 9.17) is 16.3 Å². The molecule has 5 rings (SSSR count). The van der Waals surface area contributed by atoms with Gasteiger partial charge in [0.25, 0.3) is 5.91 Å². The van der Waals surface area contributed by atoms with Gasteiger partial charge in [-0.15, -0.1) is 0 Å². The molecule has 4 N–H and O–H groups in total. The molecule has 0 aliphatic carbocycles. The number of rotatable bonds is 11. The number of carbonyl (C=O) groups is 3. The van der Waals surface area contributed by atoms with Gasteiger partial charge in [-0.05, 0) is 77.5 Å². The number of carboxylic acid groups (broad SMARTS) is 1. The lowest BCUT2D eigenvalue weighted by molar-refractivity contribution is -0.138. The zero-order valence-corrected chi connectivity index (χ0v) is 25.8. The Morgan fingerprint density at radius 2 is 1.60 bits per heavy atom. The first-order valence-corrected chi connectivity index (χ1v) is 15.1. The van der Waals surface area contributed by atoms with Crippen molar-refractivity contribution in [1.29, 1.82) is 0 Å². The number of nitrogens with zero attached hydrogens (tertiary/aromatic N) is 1. The Morgan fingerprint density at radius 1 is 0.894 bits per heavy atom. The molecule has 0 radical (unpaired) electrons. The van der Waals surface area contributed by atoms with Crippen molar-refractivity contribution in [2.75, 3.05) is 10.6 Å². The van der Waals surface area contributed by atoms with Crippen LogP contribution in [0.1, 0.15) is 15.9 Å². The summed E-state index contributed by atoms with van der Waals surface area (Å²) in [5.74, 6) is -1.66. The molecule has 9 nitrogen and oxygen atoms in total. The number of hydrogen-bond acceptors (Lipinski definition) is 6. The van der Waals surface area contributed by atoms with E-state index < -0.39 is 29.5 Å². The van der Waals surface area contributed by atoms with E-state index in [2.05, 4.69) is 16.0 Å². The molecule has 0 spiro atoms. The van der Waals surface area contributed by atoms with E-state index >= 15 is 0 Å². The highest BCUT2D eigenvalue weighted by atomic mass is 35.5. The second-order valence-electron chi connectivity index (χ2n) is 10.1. The second-order valence-corrected chi connectivity index (χ2v) is 11.7. The van der Waals surface area contributed by atoms with E-state index in [9.17, 15) is 32.7 Å². The number of alkyl halides is 3. The van der Waals surface area contributed by atoms with Gasteiger partial charge in [0.1, 0.15) is 12.4 Å². The Kier molecular flexibility index (Phi) is 10.4. The van der Waals surface area contributed by atoms with Crippen LogP contribution in [-0.4, -0.2) is 39.1 Å². The first-order chi connectivity index (χ1) is 22.4. The number of carboxylic acids is 1. The van der Waals surface area contributed by atoms with Crippen LogP contribution in [0.4, 0.5) is 29.3 Å². The van der Waals surface area contributed by atoms with E-state index in [1.807, 2.05) is 6.07 Å². The van der Waals surface area contributed by atoms with Crippen LogP contribution in [0.2, 0.25) is 5.02 Å². The highest BCUT2D eigenvalue weighted by Gasteiger charge is 2.30. The normalized spacial score (nSPS) is 12.0. The number of thioether (sulfide) groups is 1. The molecule has 2 amide bonds. The summed E-state index contributed by atoms with van der Waals surface area (Å²) in [7, 11) is 0. The summed E-state index contributed by atoms with van der Waals surface area (Å²) in [6.45, 7) is 0.268. The molecule has 0 bridgehead atoms. The van der Waals surface area contributed by atoms with Crippen LogP contribution in [0, 0.1) is 0 Å². The molecule has 4 aromatic carbocycles. The summed E-state index contributed by atoms with van der Waals surface area (Å²) >= 11 is 6.01. The number of aliphatic carboxylic acids is 1. The van der Waals surface area contributed by atoms with Gasteiger partial charge in [0, 0.05) is 33.7 Å². The smallest absolute Gasteiger partial charge is 0.446 e. The Hall–Kier alpha value is -4.98. The molecular weight excluding hydrogens is 657 g/mol. The lowest BCUT2D eigenvalue weighted by atomic mass is 10.2. The molecule has 14 heteroatoms. The van der Waals surface area contributed by atoms with Crippen molar-refractivity contribution in [1.82, 2.24) is 9.88 Å². The Balaban J connectivity index is 1.23. The van der Waals surface area contributed by atoms with Gasteiger partial charge in [-0.2, -0.15) is 13.2 Å². The number of benzene rings is 4. The number of fused-ring (bicyclic) bond motifs is 1. The van der Waals surface area contributed by atoms with Crippen molar-refractivity contribution >= 4 is 63.5 Å². The fourth-order valence-electron chi connectivity index (χ4n) is 4.59. The van der Waals surface area contributed by atoms with Gasteiger partial charge >= 0.3 is 17.5 Å². The summed E-state index contributed by atoms with van der Waals surface area (Å²) in [5.41, 5.74) is -1.90. The third kappa shape index (κ3) is 9.06. The first kappa shape index (κ1) is 33.4. The van der Waals surface area contributed by atoms with Gasteiger partial charge < -0.3 is 20.5 Å². The van der Waals surface area contributed by atoms with Crippen molar-refractivity contribution in [3.05, 3.63) is 119 Å². The van der Waals surface area contributed by atoms with Gasteiger partial charge in [-0.3, -0.25) is 14.7 Å². The van der Waals surface area contributed by atoms with Crippen molar-refractivity contribution in [3.8, 4) is 5.75 Å². The van der Waals surface area contributed by atoms with Crippen LogP contribution in [0.3, 0.4) is 0 Å². The van der Waals surface area contributed by atoms with Crippen LogP contribution >= 0.6 is 23.4 Å². The van der Waals surface area contributed by atoms with Crippen molar-refractivity contribution in [3.63, 3.8) is 0 Å². The molecule has 5 aromatic rings. The summed E-state index contributed by atoms with van der Waals surface area (Å²) in [4.78, 5) is 38.5. The summed E-state index contributed by atoms with van der Waals surface area (Å²) < 4.78 is 44.4. The Labute approximate surface area is 275 Å². The van der Waals surface area contributed by atoms with Crippen LogP contribution in [0.25, 0.3) is 10.9 Å². The maximum Gasteiger partial charge on any atom is 0.446 e. The quantitative estimate of drug-likeness (QED) is 0.0823. The number of ether oxygens (including phenoxy) is 1. The summed E-state index contributed by atoms with van der Waals surface area (Å²) in [5, 5.41) is 18.7. The van der Waals surface area contributed by atoms with Gasteiger partial charge in [-0.1, -0.05) is 54.1 Å². The zero-order chi connectivity index (χ0) is 33.6. The minimum Gasteiger partial charge on any atom is -0.489 e. The molecule has 242 valence electrons. The molecule has 47 heavy (non-hydrogen) atoms. The van der Waals surface area contributed by atoms with E-state index in [0.29, 0.717) is 32.9 Å². The summed E-state index contributed by atoms with van der Waals surface area (Å²) in [6.07, 6.45) is 1.34. The third-order valence-electron chi connectivity index (χ3n) is 6.77. The van der Waals surface area contributed by atoms with E-state index in [1.165, 1.54) is 18.3 Å². The van der Waals surface area contributed by atoms with Gasteiger partial charge in [-0.25, -0.2) is 9.59 Å². The number of halogens is 4. The highest BCUT2D eigenvalue weighted by Crippen LogP contribution is 2.36. The molecule has 0 saturated carbocycles. The second kappa shape index (κ2) is 14.6. The molecule has 1 atom stereocenters. The average Bonchev–Trinajstić information content (AvgIpc) is 3.38. The fourth-order valence-corrected chi connectivity index (χ4v) is 5.30. The standard InChI is InChI=1S/C33H26ClF3N4O5S/c34-22-8-15-28-26(16-22)27(18-41(28)30(42)29(31(43)44)38-17-20-4-2-1-3-5-20)40-32(45)39-23-9-11-24(12-10-23)46-19-21-6-13-25(14-7-21)47-33(35,36)37/h1-16,18,29,38H,17,19H2,(H,43,44)(H2,39,40,45). The van der Waals surface area contributed by atoms with E-state index in [-0.39, 0.29) is 35.5 Å². The lowest BCUT2D eigenvalue weighted by Gasteiger charge is -2.14. The number of nitrogens with one attached hydrogen (secondary N) is 3. The van der Waals surface area contributed by atoms with Crippen LogP contribution in [-0.2, 0) is 17.9 Å². The molecule has 1 heterocycles. The topological polar surface area (TPSA) is 122 Å². The number of aromatic nitrogens is 1. The maximum absolute atomic E-state index is 13.4. The average molecular weight is 683 g/mol. The Morgan fingerprint density at radius 3 is 2.26 bits per heavy atom. The number of urea groups is 1. The molecule has 0 aliphatic heterocycles. The maximum atomic E-state index is 13.4. The Bertz CT molecular complexity index is 1890. The minimum absolute atomic E-state index is 0.0783.